The lowest BCUT2D eigenvalue weighted by Gasteiger charge is -2.34. The Balaban J connectivity index is 0.00000180. The largest absolute Gasteiger partial charge is 0.380 e. The van der Waals surface area contributed by atoms with Gasteiger partial charge in [0, 0.05) is 5.92 Å². The smallest absolute Gasteiger partial charge is 0.118 e. The minimum Gasteiger partial charge on any atom is -0.380 e. The number of halogens is 1. The van der Waals surface area contributed by atoms with Gasteiger partial charge in [0.1, 0.15) is 5.60 Å². The monoisotopic (exact) mass is 277 g/mol. The normalized spacial score (nSPS) is 12.6. The van der Waals surface area contributed by atoms with Crippen molar-refractivity contribution in [1.82, 2.24) is 0 Å². The number of aliphatic hydroxyl groups is 1. The van der Waals surface area contributed by atoms with Crippen molar-refractivity contribution in [2.24, 2.45) is 11.7 Å². The molecule has 2 rings (SSSR count). The van der Waals surface area contributed by atoms with E-state index in [1.54, 1.807) is 0 Å². The molecule has 3 N–H and O–H groups in total. The van der Waals surface area contributed by atoms with Crippen LogP contribution < -0.4 is 5.73 Å². The van der Waals surface area contributed by atoms with Crippen LogP contribution in [-0.2, 0) is 5.60 Å². The van der Waals surface area contributed by atoms with E-state index < -0.39 is 5.60 Å². The first-order valence-electron chi connectivity index (χ1n) is 6.23. The molecule has 102 valence electrons. The maximum atomic E-state index is 11.1. The van der Waals surface area contributed by atoms with Gasteiger partial charge >= 0.3 is 0 Å². The molecule has 0 aliphatic heterocycles. The van der Waals surface area contributed by atoms with E-state index in [9.17, 15) is 5.11 Å². The van der Waals surface area contributed by atoms with Crippen LogP contribution in [0.2, 0.25) is 0 Å². The summed E-state index contributed by atoms with van der Waals surface area (Å²) in [5, 5.41) is 11.1. The van der Waals surface area contributed by atoms with E-state index in [4.69, 9.17) is 5.73 Å². The molecular formula is C16H20ClNO. The maximum Gasteiger partial charge on any atom is 0.118 e. The van der Waals surface area contributed by atoms with Gasteiger partial charge in [-0.15, -0.1) is 12.4 Å². The van der Waals surface area contributed by atoms with Crippen LogP contribution >= 0.6 is 12.4 Å². The van der Waals surface area contributed by atoms with Crippen molar-refractivity contribution in [3.05, 3.63) is 71.8 Å². The summed E-state index contributed by atoms with van der Waals surface area (Å²) in [6, 6.07) is 19.4. The van der Waals surface area contributed by atoms with Gasteiger partial charge in [-0.1, -0.05) is 67.6 Å². The maximum absolute atomic E-state index is 11.1. The predicted octanol–water partition coefficient (Wildman–Crippen LogP) is 2.94. The quantitative estimate of drug-likeness (QED) is 0.903. The van der Waals surface area contributed by atoms with Crippen LogP contribution in [0, 0.1) is 5.92 Å². The molecule has 0 saturated heterocycles. The highest BCUT2D eigenvalue weighted by atomic mass is 35.5. The molecule has 0 fully saturated rings. The number of benzene rings is 2. The van der Waals surface area contributed by atoms with Crippen molar-refractivity contribution in [3.8, 4) is 0 Å². The number of nitrogens with two attached hydrogens (primary N) is 1. The van der Waals surface area contributed by atoms with Crippen molar-refractivity contribution in [1.29, 1.82) is 0 Å². The fourth-order valence-corrected chi connectivity index (χ4v) is 2.29. The minimum absolute atomic E-state index is 0. The van der Waals surface area contributed by atoms with E-state index in [0.29, 0.717) is 6.54 Å². The Morgan fingerprint density at radius 1 is 0.947 bits per heavy atom. The first-order valence-corrected chi connectivity index (χ1v) is 6.23. The van der Waals surface area contributed by atoms with Gasteiger partial charge in [0.25, 0.3) is 0 Å². The minimum atomic E-state index is -1.03. The zero-order valence-electron chi connectivity index (χ0n) is 11.0. The second-order valence-corrected chi connectivity index (χ2v) is 4.64. The van der Waals surface area contributed by atoms with Crippen molar-refractivity contribution < 1.29 is 5.11 Å². The van der Waals surface area contributed by atoms with Gasteiger partial charge in [-0.2, -0.15) is 0 Å². The molecule has 3 heteroatoms. The first kappa shape index (κ1) is 15.7. The lowest BCUT2D eigenvalue weighted by Crippen LogP contribution is -2.38. The Bertz CT molecular complexity index is 447. The summed E-state index contributed by atoms with van der Waals surface area (Å²) in [5.41, 5.74) is 6.51. The average Bonchev–Trinajstić information content (AvgIpc) is 2.47. The van der Waals surface area contributed by atoms with Gasteiger partial charge in [0.05, 0.1) is 0 Å². The molecule has 0 aromatic heterocycles. The van der Waals surface area contributed by atoms with Gasteiger partial charge in [-0.3, -0.25) is 0 Å². The van der Waals surface area contributed by atoms with Crippen molar-refractivity contribution >= 4 is 12.4 Å². The summed E-state index contributed by atoms with van der Waals surface area (Å²) in [4.78, 5) is 0. The van der Waals surface area contributed by atoms with Crippen LogP contribution in [0.5, 0.6) is 0 Å². The number of hydrogen-bond acceptors (Lipinski definition) is 2. The van der Waals surface area contributed by atoms with Crippen LogP contribution in [0.25, 0.3) is 0 Å². The lowest BCUT2D eigenvalue weighted by molar-refractivity contribution is 0.0277. The fourth-order valence-electron chi connectivity index (χ4n) is 2.29. The van der Waals surface area contributed by atoms with E-state index in [1.165, 1.54) is 0 Å². The topological polar surface area (TPSA) is 46.2 Å². The molecule has 2 aromatic rings. The zero-order chi connectivity index (χ0) is 13.0. The van der Waals surface area contributed by atoms with Crippen molar-refractivity contribution in [3.63, 3.8) is 0 Å². The fraction of sp³-hybridized carbons (Fsp3) is 0.250. The van der Waals surface area contributed by atoms with Gasteiger partial charge in [0.2, 0.25) is 0 Å². The van der Waals surface area contributed by atoms with Crippen molar-refractivity contribution in [2.75, 3.05) is 6.54 Å². The summed E-state index contributed by atoms with van der Waals surface area (Å²) in [5.74, 6) is -0.0534. The molecule has 0 saturated carbocycles. The van der Waals surface area contributed by atoms with E-state index in [0.717, 1.165) is 11.1 Å². The summed E-state index contributed by atoms with van der Waals surface area (Å²) in [6.45, 7) is 2.40. The highest BCUT2D eigenvalue weighted by Gasteiger charge is 2.36. The van der Waals surface area contributed by atoms with Crippen molar-refractivity contribution in [2.45, 2.75) is 12.5 Å². The first-order chi connectivity index (χ1) is 8.69. The molecule has 0 aliphatic carbocycles. The Hall–Kier alpha value is -1.35. The number of rotatable bonds is 4. The average molecular weight is 278 g/mol. The van der Waals surface area contributed by atoms with Gasteiger partial charge in [0.15, 0.2) is 0 Å². The van der Waals surface area contributed by atoms with E-state index in [-0.39, 0.29) is 18.3 Å². The van der Waals surface area contributed by atoms with Crippen LogP contribution in [0.4, 0.5) is 0 Å². The van der Waals surface area contributed by atoms with Crippen LogP contribution in [-0.4, -0.2) is 11.7 Å². The van der Waals surface area contributed by atoms with Gasteiger partial charge < -0.3 is 10.8 Å². The standard InChI is InChI=1S/C16H19NO.ClH/c1-13(12-17)16(18,14-8-4-2-5-9-14)15-10-6-3-7-11-15;/h2-11,13,18H,12,17H2,1H3;1H. The van der Waals surface area contributed by atoms with E-state index >= 15 is 0 Å². The molecular weight excluding hydrogens is 258 g/mol. The molecule has 1 unspecified atom stereocenters. The van der Waals surface area contributed by atoms with Gasteiger partial charge in [-0.05, 0) is 17.7 Å². The molecule has 1 atom stereocenters. The highest BCUT2D eigenvalue weighted by Crippen LogP contribution is 2.36. The Morgan fingerprint density at radius 3 is 1.63 bits per heavy atom. The molecule has 0 amide bonds. The molecule has 2 nitrogen and oxygen atoms in total. The van der Waals surface area contributed by atoms with Gasteiger partial charge in [-0.25, -0.2) is 0 Å². The third-order valence-corrected chi connectivity index (χ3v) is 3.49. The Kier molecular flexibility index (Phi) is 5.55. The summed E-state index contributed by atoms with van der Waals surface area (Å²) < 4.78 is 0. The molecule has 2 aromatic carbocycles. The second-order valence-electron chi connectivity index (χ2n) is 4.64. The van der Waals surface area contributed by atoms with E-state index in [2.05, 4.69) is 0 Å². The Labute approximate surface area is 120 Å². The molecule has 0 radical (unpaired) electrons. The third-order valence-electron chi connectivity index (χ3n) is 3.49. The molecule has 0 aliphatic rings. The molecule has 0 heterocycles. The Morgan fingerprint density at radius 2 is 1.32 bits per heavy atom. The lowest BCUT2D eigenvalue weighted by atomic mass is 9.77. The SMILES string of the molecule is CC(CN)C(O)(c1ccccc1)c1ccccc1.Cl. The second kappa shape index (κ2) is 6.71. The van der Waals surface area contributed by atoms with E-state index in [1.807, 2.05) is 67.6 Å². The summed E-state index contributed by atoms with van der Waals surface area (Å²) in [6.07, 6.45) is 0. The number of hydrogen-bond donors (Lipinski definition) is 2. The molecule has 0 bridgehead atoms. The zero-order valence-corrected chi connectivity index (χ0v) is 11.8. The third kappa shape index (κ3) is 2.98. The molecule has 19 heavy (non-hydrogen) atoms. The van der Waals surface area contributed by atoms with Crippen LogP contribution in [0.15, 0.2) is 60.7 Å². The van der Waals surface area contributed by atoms with Crippen LogP contribution in [0.3, 0.4) is 0 Å². The predicted molar refractivity (Wildman–Crippen MR) is 81.3 cm³/mol. The highest BCUT2D eigenvalue weighted by molar-refractivity contribution is 5.85. The summed E-state index contributed by atoms with van der Waals surface area (Å²) in [7, 11) is 0. The molecule has 0 spiro atoms. The summed E-state index contributed by atoms with van der Waals surface area (Å²) >= 11 is 0. The van der Waals surface area contributed by atoms with Crippen LogP contribution in [0.1, 0.15) is 18.1 Å².